The number of ether oxygens (including phenoxy) is 1. The van der Waals surface area contributed by atoms with Gasteiger partial charge in [0.1, 0.15) is 17.4 Å². The van der Waals surface area contributed by atoms with Gasteiger partial charge >= 0.3 is 0 Å². The van der Waals surface area contributed by atoms with Gasteiger partial charge in [-0.05, 0) is 59.2 Å². The van der Waals surface area contributed by atoms with Crippen LogP contribution in [0.25, 0.3) is 39.4 Å². The Labute approximate surface area is 271 Å². The van der Waals surface area contributed by atoms with Gasteiger partial charge in [-0.1, -0.05) is 66.7 Å². The molecule has 47 heavy (non-hydrogen) atoms. The second-order valence-electron chi connectivity index (χ2n) is 11.5. The Morgan fingerprint density at radius 2 is 1.60 bits per heavy atom. The van der Waals surface area contributed by atoms with E-state index >= 15 is 0 Å². The summed E-state index contributed by atoms with van der Waals surface area (Å²) >= 11 is 0. The van der Waals surface area contributed by atoms with E-state index in [4.69, 9.17) is 9.84 Å². The van der Waals surface area contributed by atoms with E-state index in [0.29, 0.717) is 22.6 Å². The highest BCUT2D eigenvalue weighted by atomic mass is 32.2. The van der Waals surface area contributed by atoms with Gasteiger partial charge in [-0.3, -0.25) is 14.5 Å². The molecule has 9 nitrogen and oxygen atoms in total. The molecule has 0 bridgehead atoms. The van der Waals surface area contributed by atoms with Crippen molar-refractivity contribution in [2.24, 2.45) is 0 Å². The van der Waals surface area contributed by atoms with Crippen molar-refractivity contribution >= 4 is 44.1 Å². The minimum atomic E-state index is -3.45. The van der Waals surface area contributed by atoms with Crippen LogP contribution < -0.4 is 4.74 Å². The fraction of sp³-hybridized carbons (Fsp3) is 0.135. The first-order chi connectivity index (χ1) is 22.8. The standard InChI is InChI=1S/C37H28N4O5S/c1-46-31-15-13-25(14-16-31)34-32(36(42)41(37(43)33(34)21-38)30-17-18-47(44,45)23-30)20-28-22-40(29-9-3-2-4-10-29)39-35(28)27-12-11-24-7-5-6-8-26(24)19-27/h2-16,19-20,22,30H,17-18,23H2,1H3/b32-20-. The summed E-state index contributed by atoms with van der Waals surface area (Å²) in [7, 11) is -1.92. The second kappa shape index (κ2) is 11.9. The maximum Gasteiger partial charge on any atom is 0.272 e. The lowest BCUT2D eigenvalue weighted by atomic mass is 9.86. The van der Waals surface area contributed by atoms with E-state index < -0.39 is 27.7 Å². The van der Waals surface area contributed by atoms with Gasteiger partial charge in [-0.25, -0.2) is 13.1 Å². The van der Waals surface area contributed by atoms with Crippen molar-refractivity contribution in [1.82, 2.24) is 14.7 Å². The van der Waals surface area contributed by atoms with Gasteiger partial charge in [-0.2, -0.15) is 10.4 Å². The van der Waals surface area contributed by atoms with Crippen molar-refractivity contribution in [3.05, 3.63) is 126 Å². The largest absolute Gasteiger partial charge is 0.497 e. The van der Waals surface area contributed by atoms with E-state index in [-0.39, 0.29) is 34.6 Å². The molecule has 4 aromatic carbocycles. The van der Waals surface area contributed by atoms with E-state index in [9.17, 15) is 23.3 Å². The number of carbonyl (C=O) groups is 2. The number of imide groups is 1. The Morgan fingerprint density at radius 1 is 0.894 bits per heavy atom. The summed E-state index contributed by atoms with van der Waals surface area (Å²) in [4.78, 5) is 29.2. The lowest BCUT2D eigenvalue weighted by Crippen LogP contribution is -2.49. The number of carbonyl (C=O) groups excluding carboxylic acids is 2. The summed E-state index contributed by atoms with van der Waals surface area (Å²) in [5.74, 6) is -1.40. The van der Waals surface area contributed by atoms with Crippen LogP contribution in [0, 0.1) is 11.3 Å². The van der Waals surface area contributed by atoms with E-state index in [0.717, 1.165) is 26.9 Å². The third kappa shape index (κ3) is 5.51. The number of para-hydroxylation sites is 1. The van der Waals surface area contributed by atoms with Gasteiger partial charge in [0.05, 0.1) is 41.6 Å². The number of amides is 2. The average molecular weight is 641 g/mol. The van der Waals surface area contributed by atoms with Crippen molar-refractivity contribution in [3.8, 4) is 28.8 Å². The number of aromatic nitrogens is 2. The molecule has 1 saturated heterocycles. The van der Waals surface area contributed by atoms with Gasteiger partial charge in [0.2, 0.25) is 0 Å². The predicted molar refractivity (Wildman–Crippen MR) is 179 cm³/mol. The summed E-state index contributed by atoms with van der Waals surface area (Å²) in [6, 6.07) is 31.4. The summed E-state index contributed by atoms with van der Waals surface area (Å²) in [6.45, 7) is 0. The molecule has 0 aliphatic carbocycles. The van der Waals surface area contributed by atoms with Gasteiger partial charge < -0.3 is 4.74 Å². The molecule has 232 valence electrons. The maximum absolute atomic E-state index is 14.5. The highest BCUT2D eigenvalue weighted by Crippen LogP contribution is 2.39. The molecule has 0 saturated carbocycles. The smallest absolute Gasteiger partial charge is 0.272 e. The normalized spacial score (nSPS) is 18.6. The van der Waals surface area contributed by atoms with Crippen LogP contribution >= 0.6 is 0 Å². The summed E-state index contributed by atoms with van der Waals surface area (Å²) < 4.78 is 31.9. The number of nitrogens with zero attached hydrogens (tertiary/aromatic N) is 4. The Morgan fingerprint density at radius 3 is 2.28 bits per heavy atom. The number of hydrogen-bond donors (Lipinski definition) is 0. The monoisotopic (exact) mass is 640 g/mol. The molecule has 1 fully saturated rings. The lowest BCUT2D eigenvalue weighted by molar-refractivity contribution is -0.142. The van der Waals surface area contributed by atoms with Crippen molar-refractivity contribution in [2.75, 3.05) is 18.6 Å². The third-order valence-corrected chi connectivity index (χ3v) is 10.3. The van der Waals surface area contributed by atoms with Crippen LogP contribution in [0.1, 0.15) is 17.5 Å². The molecule has 0 N–H and O–H groups in total. The molecule has 10 heteroatoms. The number of hydrogen-bond acceptors (Lipinski definition) is 7. The minimum absolute atomic E-state index is 0.0882. The average Bonchev–Trinajstić information content (AvgIpc) is 3.68. The lowest BCUT2D eigenvalue weighted by Gasteiger charge is -2.32. The molecule has 1 atom stereocenters. The molecule has 2 aliphatic heterocycles. The molecule has 5 aromatic rings. The van der Waals surface area contributed by atoms with Crippen LogP contribution in [-0.4, -0.2) is 59.6 Å². The van der Waals surface area contributed by atoms with Crippen molar-refractivity contribution in [3.63, 3.8) is 0 Å². The van der Waals surface area contributed by atoms with E-state index in [1.165, 1.54) is 7.11 Å². The zero-order valence-corrected chi connectivity index (χ0v) is 26.1. The summed E-state index contributed by atoms with van der Waals surface area (Å²) in [6.07, 6.45) is 3.57. The zero-order chi connectivity index (χ0) is 32.7. The van der Waals surface area contributed by atoms with Gasteiger partial charge in [0.15, 0.2) is 9.84 Å². The quantitative estimate of drug-likeness (QED) is 0.174. The Hall–Kier alpha value is -5.79. The maximum atomic E-state index is 14.5. The van der Waals surface area contributed by atoms with Gasteiger partial charge in [-0.15, -0.1) is 0 Å². The number of methoxy groups -OCH3 is 1. The number of benzene rings is 4. The van der Waals surface area contributed by atoms with Crippen LogP contribution in [0.2, 0.25) is 0 Å². The van der Waals surface area contributed by atoms with Crippen molar-refractivity contribution in [2.45, 2.75) is 12.5 Å². The number of sulfone groups is 1. The molecule has 2 amide bonds. The summed E-state index contributed by atoms with van der Waals surface area (Å²) in [5.41, 5.74) is 3.24. The SMILES string of the molecule is COc1ccc(C2=C(C#N)C(=O)N(C3CCS(=O)(=O)C3)C(=O)/C2=C\c2cn(-c3ccccc3)nc2-c2ccc3ccccc3c2)cc1. The van der Waals surface area contributed by atoms with Crippen LogP contribution in [0.3, 0.4) is 0 Å². The molecule has 3 heterocycles. The zero-order valence-electron chi connectivity index (χ0n) is 25.3. The van der Waals surface area contributed by atoms with E-state index in [2.05, 4.69) is 0 Å². The van der Waals surface area contributed by atoms with Crippen LogP contribution in [0.15, 0.2) is 114 Å². The van der Waals surface area contributed by atoms with Crippen LogP contribution in [0.5, 0.6) is 5.75 Å². The topological polar surface area (TPSA) is 122 Å². The summed E-state index contributed by atoms with van der Waals surface area (Å²) in [5, 5.41) is 17.4. The highest BCUT2D eigenvalue weighted by molar-refractivity contribution is 7.91. The first-order valence-corrected chi connectivity index (χ1v) is 16.8. The molecule has 7 rings (SSSR count). The molecule has 0 spiro atoms. The molecule has 2 aliphatic rings. The Balaban J connectivity index is 1.47. The molecule has 1 unspecified atom stereocenters. The predicted octanol–water partition coefficient (Wildman–Crippen LogP) is 5.62. The fourth-order valence-electron chi connectivity index (χ4n) is 6.22. The molecular formula is C37H28N4O5S. The highest BCUT2D eigenvalue weighted by Gasteiger charge is 2.45. The molecule has 0 radical (unpaired) electrons. The fourth-order valence-corrected chi connectivity index (χ4v) is 7.92. The van der Waals surface area contributed by atoms with Crippen molar-refractivity contribution in [1.29, 1.82) is 5.26 Å². The van der Waals surface area contributed by atoms with Crippen LogP contribution in [0.4, 0.5) is 0 Å². The Kier molecular flexibility index (Phi) is 7.54. The molecule has 1 aromatic heterocycles. The number of fused-ring (bicyclic) bond motifs is 1. The second-order valence-corrected chi connectivity index (χ2v) is 13.7. The molecular weight excluding hydrogens is 612 g/mol. The number of rotatable bonds is 6. The van der Waals surface area contributed by atoms with Crippen LogP contribution in [-0.2, 0) is 19.4 Å². The minimum Gasteiger partial charge on any atom is -0.497 e. The third-order valence-electron chi connectivity index (χ3n) is 8.55. The van der Waals surface area contributed by atoms with Gasteiger partial charge in [0.25, 0.3) is 11.8 Å². The van der Waals surface area contributed by atoms with E-state index in [1.54, 1.807) is 41.2 Å². The first-order valence-electron chi connectivity index (χ1n) is 15.0. The van der Waals surface area contributed by atoms with Gasteiger partial charge in [0, 0.05) is 22.9 Å². The Bertz CT molecular complexity index is 2280. The van der Waals surface area contributed by atoms with Crippen molar-refractivity contribution < 1.29 is 22.7 Å². The van der Waals surface area contributed by atoms with E-state index in [1.807, 2.05) is 78.9 Å². The number of nitriles is 1. The first kappa shape index (κ1) is 29.9.